The summed E-state index contributed by atoms with van der Waals surface area (Å²) in [4.78, 5) is 32.8. The molecule has 9 nitrogen and oxygen atoms in total. The molecule has 48 heavy (non-hydrogen) atoms. The summed E-state index contributed by atoms with van der Waals surface area (Å²) in [5.41, 5.74) is 1.93. The number of amides is 2. The SMILES string of the molecule is C=CCC1(Nc2nc(NC3(CC=C)CCCCC3)nc(N3CCN(C(=O)NC(c4ccccc4)c4ccccc4)CC3)n2)CCCCC1. The molecule has 0 spiro atoms. The second-order valence-electron chi connectivity index (χ2n) is 13.9. The van der Waals surface area contributed by atoms with Gasteiger partial charge in [-0.2, -0.15) is 15.0 Å². The van der Waals surface area contributed by atoms with Gasteiger partial charge in [-0.3, -0.25) is 0 Å². The number of piperazine rings is 1. The number of carbonyl (C=O) groups excluding carboxylic acids is 1. The van der Waals surface area contributed by atoms with Crippen molar-refractivity contribution in [1.82, 2.24) is 25.2 Å². The lowest BCUT2D eigenvalue weighted by molar-refractivity contribution is 0.191. The van der Waals surface area contributed by atoms with Gasteiger partial charge in [-0.05, 0) is 49.7 Å². The Balaban J connectivity index is 1.20. The summed E-state index contributed by atoms with van der Waals surface area (Å²) in [6.45, 7) is 10.5. The Morgan fingerprint density at radius 1 is 0.688 bits per heavy atom. The maximum Gasteiger partial charge on any atom is 0.318 e. The minimum atomic E-state index is -0.228. The summed E-state index contributed by atoms with van der Waals surface area (Å²) in [7, 11) is 0. The van der Waals surface area contributed by atoms with Gasteiger partial charge in [0.2, 0.25) is 17.8 Å². The molecule has 2 heterocycles. The third-order valence-electron chi connectivity index (χ3n) is 10.5. The van der Waals surface area contributed by atoms with E-state index in [9.17, 15) is 4.79 Å². The molecular weight excluding hydrogens is 596 g/mol. The average molecular weight is 649 g/mol. The van der Waals surface area contributed by atoms with Crippen LogP contribution in [0.4, 0.5) is 22.6 Å². The lowest BCUT2D eigenvalue weighted by Gasteiger charge is -2.39. The maximum absolute atomic E-state index is 13.7. The van der Waals surface area contributed by atoms with E-state index >= 15 is 0 Å². The van der Waals surface area contributed by atoms with Crippen LogP contribution in [0.1, 0.15) is 94.2 Å². The Hall–Kier alpha value is -4.40. The molecule has 6 rings (SSSR count). The van der Waals surface area contributed by atoms with Gasteiger partial charge in [-0.15, -0.1) is 13.2 Å². The average Bonchev–Trinajstić information content (AvgIpc) is 3.12. The third kappa shape index (κ3) is 8.17. The normalized spacial score (nSPS) is 18.9. The number of nitrogens with zero attached hydrogens (tertiary/aromatic N) is 5. The first-order valence-electron chi connectivity index (χ1n) is 17.9. The number of carbonyl (C=O) groups is 1. The van der Waals surface area contributed by atoms with Crippen LogP contribution in [-0.4, -0.2) is 63.1 Å². The molecule has 2 saturated carbocycles. The predicted molar refractivity (Wildman–Crippen MR) is 195 cm³/mol. The van der Waals surface area contributed by atoms with Crippen LogP contribution in [0.15, 0.2) is 86.0 Å². The second-order valence-corrected chi connectivity index (χ2v) is 13.9. The number of hydrogen-bond acceptors (Lipinski definition) is 7. The van der Waals surface area contributed by atoms with Crippen molar-refractivity contribution in [3.05, 3.63) is 97.1 Å². The fourth-order valence-corrected chi connectivity index (χ4v) is 7.84. The highest BCUT2D eigenvalue weighted by Crippen LogP contribution is 2.37. The molecule has 1 aliphatic heterocycles. The smallest absolute Gasteiger partial charge is 0.318 e. The highest BCUT2D eigenvalue weighted by atomic mass is 16.2. The van der Waals surface area contributed by atoms with Crippen molar-refractivity contribution in [2.45, 2.75) is 94.2 Å². The van der Waals surface area contributed by atoms with Crippen LogP contribution >= 0.6 is 0 Å². The lowest BCUT2D eigenvalue weighted by atomic mass is 9.79. The molecular formula is C39H52N8O. The molecule has 1 aromatic heterocycles. The van der Waals surface area contributed by atoms with Crippen LogP contribution in [0.5, 0.6) is 0 Å². The van der Waals surface area contributed by atoms with Gasteiger partial charge in [0.25, 0.3) is 0 Å². The molecule has 3 aromatic rings. The van der Waals surface area contributed by atoms with Crippen molar-refractivity contribution in [3.63, 3.8) is 0 Å². The molecule has 9 heteroatoms. The summed E-state index contributed by atoms with van der Waals surface area (Å²) >= 11 is 0. The maximum atomic E-state index is 13.7. The molecule has 2 amide bonds. The summed E-state index contributed by atoms with van der Waals surface area (Å²) < 4.78 is 0. The highest BCUT2D eigenvalue weighted by molar-refractivity contribution is 5.75. The van der Waals surface area contributed by atoms with Crippen molar-refractivity contribution >= 4 is 23.9 Å². The first kappa shape index (κ1) is 33.5. The Morgan fingerprint density at radius 2 is 1.15 bits per heavy atom. The van der Waals surface area contributed by atoms with E-state index in [1.54, 1.807) is 0 Å². The van der Waals surface area contributed by atoms with Crippen molar-refractivity contribution in [2.24, 2.45) is 0 Å². The zero-order valence-corrected chi connectivity index (χ0v) is 28.4. The van der Waals surface area contributed by atoms with Gasteiger partial charge in [0.15, 0.2) is 0 Å². The molecule has 0 bridgehead atoms. The molecule has 2 aliphatic carbocycles. The van der Waals surface area contributed by atoms with Gasteiger partial charge in [0.1, 0.15) is 0 Å². The van der Waals surface area contributed by atoms with Crippen LogP contribution < -0.4 is 20.9 Å². The zero-order valence-electron chi connectivity index (χ0n) is 28.4. The first-order chi connectivity index (χ1) is 23.5. The van der Waals surface area contributed by atoms with Crippen LogP contribution in [0.2, 0.25) is 0 Å². The van der Waals surface area contributed by atoms with Crippen molar-refractivity contribution in [1.29, 1.82) is 0 Å². The van der Waals surface area contributed by atoms with E-state index < -0.39 is 0 Å². The molecule has 254 valence electrons. The van der Waals surface area contributed by atoms with E-state index in [0.29, 0.717) is 44.0 Å². The molecule has 0 unspecified atom stereocenters. The minimum Gasteiger partial charge on any atom is -0.348 e. The van der Waals surface area contributed by atoms with Crippen molar-refractivity contribution in [2.75, 3.05) is 41.7 Å². The Kier molecular flexibility index (Phi) is 10.9. The van der Waals surface area contributed by atoms with Crippen molar-refractivity contribution < 1.29 is 4.79 Å². The Labute approximate surface area is 286 Å². The lowest BCUT2D eigenvalue weighted by Crippen LogP contribution is -2.53. The summed E-state index contributed by atoms with van der Waals surface area (Å²) in [6, 6.07) is 20.0. The van der Waals surface area contributed by atoms with Crippen LogP contribution in [0, 0.1) is 0 Å². The molecule has 3 fully saturated rings. The van der Waals surface area contributed by atoms with Crippen LogP contribution in [0.3, 0.4) is 0 Å². The van der Waals surface area contributed by atoms with Gasteiger partial charge in [-0.25, -0.2) is 4.79 Å². The van der Waals surface area contributed by atoms with E-state index in [1.807, 2.05) is 53.5 Å². The summed E-state index contributed by atoms with van der Waals surface area (Å²) in [6.07, 6.45) is 17.3. The largest absolute Gasteiger partial charge is 0.348 e. The number of rotatable bonds is 12. The number of benzene rings is 2. The van der Waals surface area contributed by atoms with Crippen LogP contribution in [0.25, 0.3) is 0 Å². The summed E-state index contributed by atoms with van der Waals surface area (Å²) in [5, 5.41) is 10.9. The molecule has 1 saturated heterocycles. The standard InChI is InChI=1S/C39H52N8O/c1-3-21-38(23-13-7-14-24-38)44-34-41-35(45-39(22-4-2)25-15-8-16-26-39)43-36(42-34)46-27-29-47(30-28-46)37(48)40-33(31-17-9-5-10-18-31)32-19-11-6-12-20-32/h3-6,9-12,17-20,33H,1-2,7-8,13-16,21-30H2,(H,40,48)(H2,41,42,43,44,45). The number of hydrogen-bond donors (Lipinski definition) is 3. The van der Waals surface area contributed by atoms with E-state index in [2.05, 4.69) is 58.3 Å². The van der Waals surface area contributed by atoms with Gasteiger partial charge in [0.05, 0.1) is 6.04 Å². The van der Waals surface area contributed by atoms with Gasteiger partial charge >= 0.3 is 6.03 Å². The molecule has 0 radical (unpaired) electrons. The molecule has 3 N–H and O–H groups in total. The Morgan fingerprint density at radius 3 is 1.58 bits per heavy atom. The summed E-state index contributed by atoms with van der Waals surface area (Å²) in [5.74, 6) is 1.88. The molecule has 2 aromatic carbocycles. The number of aromatic nitrogens is 3. The van der Waals surface area contributed by atoms with E-state index in [1.165, 1.54) is 38.5 Å². The Bertz CT molecular complexity index is 1400. The predicted octanol–water partition coefficient (Wildman–Crippen LogP) is 7.87. The highest BCUT2D eigenvalue weighted by Gasteiger charge is 2.35. The van der Waals surface area contributed by atoms with E-state index in [4.69, 9.17) is 15.0 Å². The first-order valence-corrected chi connectivity index (χ1v) is 17.9. The molecule has 0 atom stereocenters. The van der Waals surface area contributed by atoms with Crippen LogP contribution in [-0.2, 0) is 0 Å². The fourth-order valence-electron chi connectivity index (χ4n) is 7.84. The van der Waals surface area contributed by atoms with E-state index in [0.717, 1.165) is 49.7 Å². The monoisotopic (exact) mass is 648 g/mol. The molecule has 3 aliphatic rings. The topological polar surface area (TPSA) is 98.3 Å². The number of anilines is 3. The van der Waals surface area contributed by atoms with Gasteiger partial charge in [-0.1, -0.05) is 111 Å². The third-order valence-corrected chi connectivity index (χ3v) is 10.5. The number of nitrogens with one attached hydrogen (secondary N) is 3. The number of urea groups is 1. The van der Waals surface area contributed by atoms with E-state index in [-0.39, 0.29) is 23.2 Å². The van der Waals surface area contributed by atoms with Crippen molar-refractivity contribution in [3.8, 4) is 0 Å². The fraction of sp³-hybridized carbons (Fsp3) is 0.487. The second kappa shape index (κ2) is 15.7. The quantitative estimate of drug-likeness (QED) is 0.172. The van der Waals surface area contributed by atoms with Gasteiger partial charge in [0, 0.05) is 37.3 Å². The van der Waals surface area contributed by atoms with Gasteiger partial charge < -0.3 is 25.8 Å². The minimum absolute atomic E-state index is 0.0694. The zero-order chi connectivity index (χ0) is 33.2.